The van der Waals surface area contributed by atoms with E-state index < -0.39 is 6.10 Å². The Labute approximate surface area is 170 Å². The molecule has 2 saturated carbocycles. The molecule has 28 heavy (non-hydrogen) atoms. The highest BCUT2D eigenvalue weighted by atomic mass is 16.3. The minimum absolute atomic E-state index is 0.485. The maximum absolute atomic E-state index is 11.6. The normalized spacial score (nSPS) is 21.2. The average Bonchev–Trinajstić information content (AvgIpc) is 2.79. The van der Waals surface area contributed by atoms with Crippen LogP contribution in [0, 0.1) is 11.8 Å². The molecule has 1 unspecified atom stereocenters. The van der Waals surface area contributed by atoms with Gasteiger partial charge in [0.1, 0.15) is 6.10 Å². The third kappa shape index (κ3) is 4.41. The van der Waals surface area contributed by atoms with Gasteiger partial charge >= 0.3 is 0 Å². The molecule has 2 aromatic rings. The smallest absolute Gasteiger partial charge is 0.101 e. The van der Waals surface area contributed by atoms with Crippen LogP contribution in [0.25, 0.3) is 5.57 Å². The molecule has 0 radical (unpaired) electrons. The molecule has 1 heteroatoms. The Morgan fingerprint density at radius 2 is 1.14 bits per heavy atom. The van der Waals surface area contributed by atoms with Crippen LogP contribution in [0.15, 0.2) is 66.2 Å². The average molecular weight is 375 g/mol. The Balaban J connectivity index is 1.85. The van der Waals surface area contributed by atoms with E-state index in [-0.39, 0.29) is 0 Å². The van der Waals surface area contributed by atoms with Gasteiger partial charge in [-0.05, 0) is 59.8 Å². The highest BCUT2D eigenvalue weighted by Crippen LogP contribution is 2.46. The second kappa shape index (κ2) is 9.56. The quantitative estimate of drug-likeness (QED) is 0.580. The third-order valence-electron chi connectivity index (χ3n) is 6.86. The van der Waals surface area contributed by atoms with Gasteiger partial charge in [-0.3, -0.25) is 0 Å². The van der Waals surface area contributed by atoms with E-state index in [9.17, 15) is 5.11 Å². The van der Waals surface area contributed by atoms with E-state index in [1.54, 1.807) is 0 Å². The summed E-state index contributed by atoms with van der Waals surface area (Å²) in [6.07, 6.45) is 12.4. The zero-order valence-corrected chi connectivity index (χ0v) is 17.0. The topological polar surface area (TPSA) is 20.2 Å². The van der Waals surface area contributed by atoms with Crippen molar-refractivity contribution in [3.05, 3.63) is 77.4 Å². The van der Waals surface area contributed by atoms with Gasteiger partial charge in [0.2, 0.25) is 0 Å². The lowest BCUT2D eigenvalue weighted by molar-refractivity contribution is 0.191. The summed E-state index contributed by atoms with van der Waals surface area (Å²) in [6.45, 7) is 0. The van der Waals surface area contributed by atoms with Crippen LogP contribution < -0.4 is 0 Å². The van der Waals surface area contributed by atoms with E-state index in [1.807, 2.05) is 6.07 Å². The lowest BCUT2D eigenvalue weighted by atomic mass is 9.71. The molecule has 1 N–H and O–H groups in total. The minimum atomic E-state index is -0.485. The van der Waals surface area contributed by atoms with Crippen LogP contribution >= 0.6 is 0 Å². The summed E-state index contributed by atoms with van der Waals surface area (Å²) in [5.41, 5.74) is 5.20. The molecular weight excluding hydrogens is 340 g/mol. The van der Waals surface area contributed by atoms with Crippen LogP contribution in [0.1, 0.15) is 81.4 Å². The van der Waals surface area contributed by atoms with Crippen molar-refractivity contribution in [2.24, 2.45) is 11.8 Å². The van der Waals surface area contributed by atoms with E-state index >= 15 is 0 Å². The number of allylic oxidation sites excluding steroid dienone is 1. The summed E-state index contributed by atoms with van der Waals surface area (Å²) in [7, 11) is 0. The first-order valence-electron chi connectivity index (χ1n) is 11.4. The van der Waals surface area contributed by atoms with Crippen LogP contribution in [-0.4, -0.2) is 5.11 Å². The van der Waals surface area contributed by atoms with Gasteiger partial charge in [-0.25, -0.2) is 0 Å². The number of aliphatic hydroxyl groups excluding tert-OH is 1. The molecule has 0 bridgehead atoms. The zero-order chi connectivity index (χ0) is 19.2. The van der Waals surface area contributed by atoms with Crippen molar-refractivity contribution in [2.45, 2.75) is 70.3 Å². The van der Waals surface area contributed by atoms with E-state index in [4.69, 9.17) is 0 Å². The molecular formula is C27H34O. The molecule has 1 atom stereocenters. The summed E-state index contributed by atoms with van der Waals surface area (Å²) in [5.74, 6) is 1.10. The van der Waals surface area contributed by atoms with Crippen LogP contribution in [0.2, 0.25) is 0 Å². The largest absolute Gasteiger partial charge is 0.384 e. The Morgan fingerprint density at radius 1 is 0.643 bits per heavy atom. The molecule has 2 fully saturated rings. The fraction of sp³-hybridized carbons (Fsp3) is 0.481. The Bertz CT molecular complexity index is 749. The van der Waals surface area contributed by atoms with Crippen molar-refractivity contribution >= 4 is 5.57 Å². The predicted octanol–water partition coefficient (Wildman–Crippen LogP) is 7.33. The minimum Gasteiger partial charge on any atom is -0.384 e. The molecule has 2 aliphatic rings. The van der Waals surface area contributed by atoms with Crippen LogP contribution in [0.5, 0.6) is 0 Å². The maximum Gasteiger partial charge on any atom is 0.101 e. The first kappa shape index (κ1) is 19.5. The standard InChI is InChI=1S/C27H34O/c28-27(24-19-11-4-12-20-24)26(23-17-9-3-10-18-23)25(21-13-5-1-6-14-21)22-15-7-2-8-16-22/h1,4-6,11-14,19-20,22-23,27-28H,2-3,7-10,15-18H2/b26-25+. The molecule has 0 aliphatic heterocycles. The zero-order valence-electron chi connectivity index (χ0n) is 17.0. The van der Waals surface area contributed by atoms with Crippen molar-refractivity contribution in [3.63, 3.8) is 0 Å². The fourth-order valence-corrected chi connectivity index (χ4v) is 5.47. The first-order valence-corrected chi connectivity index (χ1v) is 11.4. The molecule has 0 spiro atoms. The molecule has 2 aliphatic carbocycles. The molecule has 148 valence electrons. The summed E-state index contributed by atoms with van der Waals surface area (Å²) >= 11 is 0. The number of rotatable bonds is 5. The molecule has 0 aromatic heterocycles. The van der Waals surface area contributed by atoms with Gasteiger partial charge in [-0.1, -0.05) is 99.2 Å². The van der Waals surface area contributed by atoms with Gasteiger partial charge < -0.3 is 5.11 Å². The predicted molar refractivity (Wildman–Crippen MR) is 118 cm³/mol. The van der Waals surface area contributed by atoms with Gasteiger partial charge in [0.25, 0.3) is 0 Å². The highest BCUT2D eigenvalue weighted by Gasteiger charge is 2.31. The van der Waals surface area contributed by atoms with Crippen molar-refractivity contribution in [3.8, 4) is 0 Å². The lowest BCUT2D eigenvalue weighted by Crippen LogP contribution is -2.21. The van der Waals surface area contributed by atoms with E-state index in [2.05, 4.69) is 54.6 Å². The number of benzene rings is 2. The van der Waals surface area contributed by atoms with Crippen LogP contribution in [0.4, 0.5) is 0 Å². The van der Waals surface area contributed by atoms with Gasteiger partial charge in [0.15, 0.2) is 0 Å². The van der Waals surface area contributed by atoms with Crippen LogP contribution in [-0.2, 0) is 0 Å². The second-order valence-corrected chi connectivity index (χ2v) is 8.72. The molecule has 0 amide bonds. The van der Waals surface area contributed by atoms with Gasteiger partial charge in [-0.15, -0.1) is 0 Å². The number of aliphatic hydroxyl groups is 1. The van der Waals surface area contributed by atoms with Crippen molar-refractivity contribution in [2.75, 3.05) is 0 Å². The summed E-state index contributed by atoms with van der Waals surface area (Å²) in [5, 5.41) is 11.6. The number of hydrogen-bond acceptors (Lipinski definition) is 1. The first-order chi connectivity index (χ1) is 13.8. The fourth-order valence-electron chi connectivity index (χ4n) is 5.47. The highest BCUT2D eigenvalue weighted by molar-refractivity contribution is 5.72. The second-order valence-electron chi connectivity index (χ2n) is 8.72. The summed E-state index contributed by atoms with van der Waals surface area (Å²) in [4.78, 5) is 0. The lowest BCUT2D eigenvalue weighted by Gasteiger charge is -2.35. The Kier molecular flexibility index (Phi) is 6.65. The van der Waals surface area contributed by atoms with E-state index in [0.29, 0.717) is 11.8 Å². The van der Waals surface area contributed by atoms with Gasteiger partial charge in [0.05, 0.1) is 0 Å². The molecule has 2 aromatic carbocycles. The third-order valence-corrected chi connectivity index (χ3v) is 6.86. The molecule has 0 saturated heterocycles. The van der Waals surface area contributed by atoms with E-state index in [0.717, 1.165) is 5.56 Å². The van der Waals surface area contributed by atoms with Crippen molar-refractivity contribution in [1.29, 1.82) is 0 Å². The Morgan fingerprint density at radius 3 is 1.71 bits per heavy atom. The SMILES string of the molecule is OC(/C(=C(\c1ccccc1)C1CCCCC1)C1CCCCC1)c1ccccc1. The van der Waals surface area contributed by atoms with Gasteiger partial charge in [0, 0.05) is 0 Å². The molecule has 0 heterocycles. The summed E-state index contributed by atoms with van der Waals surface area (Å²) < 4.78 is 0. The summed E-state index contributed by atoms with van der Waals surface area (Å²) in [6, 6.07) is 21.3. The molecule has 4 rings (SSSR count). The molecule has 1 nitrogen and oxygen atoms in total. The monoisotopic (exact) mass is 374 g/mol. The van der Waals surface area contributed by atoms with Gasteiger partial charge in [-0.2, -0.15) is 0 Å². The van der Waals surface area contributed by atoms with Crippen LogP contribution in [0.3, 0.4) is 0 Å². The van der Waals surface area contributed by atoms with Crippen molar-refractivity contribution in [1.82, 2.24) is 0 Å². The maximum atomic E-state index is 11.6. The Hall–Kier alpha value is -1.86. The van der Waals surface area contributed by atoms with Crippen molar-refractivity contribution < 1.29 is 5.11 Å². The van der Waals surface area contributed by atoms with E-state index in [1.165, 1.54) is 80.9 Å². The number of hydrogen-bond donors (Lipinski definition) is 1.